The van der Waals surface area contributed by atoms with Crippen LogP contribution >= 0.6 is 0 Å². The predicted molar refractivity (Wildman–Crippen MR) is 79.6 cm³/mol. The Morgan fingerprint density at radius 2 is 1.95 bits per heavy atom. The van der Waals surface area contributed by atoms with Crippen molar-refractivity contribution in [2.24, 2.45) is 5.92 Å². The van der Waals surface area contributed by atoms with Gasteiger partial charge in [0.05, 0.1) is 6.04 Å². The van der Waals surface area contributed by atoms with Crippen LogP contribution in [-0.4, -0.2) is 41.8 Å². The number of nitrogens with one attached hydrogen (secondary N) is 1. The molecular weight excluding hydrogens is 286 g/mol. The Morgan fingerprint density at radius 3 is 2.50 bits per heavy atom. The van der Waals surface area contributed by atoms with Crippen LogP contribution in [0.25, 0.3) is 0 Å². The zero-order valence-corrected chi connectivity index (χ0v) is 12.7. The molecule has 22 heavy (non-hydrogen) atoms. The number of para-hydroxylation sites is 1. The Kier molecular flexibility index (Phi) is 5.38. The van der Waals surface area contributed by atoms with Crippen LogP contribution in [0.2, 0.25) is 0 Å². The number of rotatable bonds is 8. The Labute approximate surface area is 129 Å². The molecule has 1 aromatic rings. The van der Waals surface area contributed by atoms with Crippen molar-refractivity contribution in [2.75, 3.05) is 6.61 Å². The molecule has 1 amide bonds. The van der Waals surface area contributed by atoms with Gasteiger partial charge in [0.15, 0.2) is 12.2 Å². The average molecular weight is 307 g/mol. The molecule has 2 N–H and O–H groups in total. The smallest absolute Gasteiger partial charge is 0.336 e. The van der Waals surface area contributed by atoms with E-state index in [1.807, 2.05) is 30.3 Å². The number of aliphatic carboxylic acids is 1. The zero-order chi connectivity index (χ0) is 16.1. The monoisotopic (exact) mass is 307 g/mol. The lowest BCUT2D eigenvalue weighted by molar-refractivity contribution is -0.138. The van der Waals surface area contributed by atoms with Crippen LogP contribution in [0.15, 0.2) is 30.3 Å². The van der Waals surface area contributed by atoms with E-state index in [4.69, 9.17) is 14.6 Å². The second-order valence-electron chi connectivity index (χ2n) is 5.77. The van der Waals surface area contributed by atoms with Crippen LogP contribution < -0.4 is 10.1 Å². The first-order valence-electron chi connectivity index (χ1n) is 7.34. The van der Waals surface area contributed by atoms with Gasteiger partial charge in [-0.3, -0.25) is 4.79 Å². The van der Waals surface area contributed by atoms with Gasteiger partial charge in [0.2, 0.25) is 0 Å². The number of amides is 1. The van der Waals surface area contributed by atoms with Crippen molar-refractivity contribution < 1.29 is 24.2 Å². The fourth-order valence-corrected chi connectivity index (χ4v) is 2.23. The van der Waals surface area contributed by atoms with Gasteiger partial charge in [-0.15, -0.1) is 0 Å². The minimum absolute atomic E-state index is 0.189. The van der Waals surface area contributed by atoms with E-state index < -0.39 is 24.1 Å². The number of benzene rings is 1. The summed E-state index contributed by atoms with van der Waals surface area (Å²) < 4.78 is 10.5. The molecule has 1 saturated heterocycles. The van der Waals surface area contributed by atoms with Crippen LogP contribution in [0.5, 0.6) is 5.75 Å². The molecule has 6 nitrogen and oxygen atoms in total. The average Bonchev–Trinajstić information content (AvgIpc) is 3.26. The number of hydrogen-bond donors (Lipinski definition) is 2. The van der Waals surface area contributed by atoms with Crippen LogP contribution in [0.1, 0.15) is 20.3 Å². The number of carboxylic acid groups (broad SMARTS) is 1. The Morgan fingerprint density at radius 1 is 1.27 bits per heavy atom. The molecule has 0 aliphatic carbocycles. The summed E-state index contributed by atoms with van der Waals surface area (Å²) in [7, 11) is 0. The third-order valence-electron chi connectivity index (χ3n) is 3.29. The largest absolute Gasteiger partial charge is 0.491 e. The third kappa shape index (κ3) is 4.73. The van der Waals surface area contributed by atoms with E-state index in [0.29, 0.717) is 12.5 Å². The van der Waals surface area contributed by atoms with Crippen LogP contribution in [-0.2, 0) is 14.3 Å². The topological polar surface area (TPSA) is 88.2 Å². The standard InChI is InChI=1S/C16H21NO5/c1-10(2)8-11(9-21-12-6-4-3-5-7-12)17-15(18)13-14(22-13)16(19)20/h3-7,10-11,13-14H,8-9H2,1-2H3,(H,17,18)(H,19,20)/t11-,13-,14-/m0/s1. The molecule has 2 rings (SSSR count). The normalized spacial score (nSPS) is 21.2. The second kappa shape index (κ2) is 7.26. The van der Waals surface area contributed by atoms with Gasteiger partial charge in [0.1, 0.15) is 12.4 Å². The number of carbonyl (C=O) groups excluding carboxylic acids is 1. The first-order valence-corrected chi connectivity index (χ1v) is 7.34. The van der Waals surface area contributed by atoms with Crippen molar-refractivity contribution in [1.29, 1.82) is 0 Å². The fraction of sp³-hybridized carbons (Fsp3) is 0.500. The maximum absolute atomic E-state index is 12.0. The summed E-state index contributed by atoms with van der Waals surface area (Å²) in [5, 5.41) is 11.6. The summed E-state index contributed by atoms with van der Waals surface area (Å²) in [6.07, 6.45) is -1.16. The van der Waals surface area contributed by atoms with E-state index >= 15 is 0 Å². The van der Waals surface area contributed by atoms with Crippen LogP contribution in [0.4, 0.5) is 0 Å². The SMILES string of the molecule is CC(C)C[C@@H](COc1ccccc1)NC(=O)[C@H]1O[C@@H]1C(=O)O. The zero-order valence-electron chi connectivity index (χ0n) is 12.7. The maximum Gasteiger partial charge on any atom is 0.336 e. The van der Waals surface area contributed by atoms with Crippen molar-refractivity contribution in [3.05, 3.63) is 30.3 Å². The van der Waals surface area contributed by atoms with Crippen molar-refractivity contribution in [3.63, 3.8) is 0 Å². The van der Waals surface area contributed by atoms with Crippen LogP contribution in [0.3, 0.4) is 0 Å². The predicted octanol–water partition coefficient (Wildman–Crippen LogP) is 1.45. The molecule has 1 aromatic carbocycles. The highest BCUT2D eigenvalue weighted by molar-refractivity contribution is 5.92. The number of carbonyl (C=O) groups is 2. The lowest BCUT2D eigenvalue weighted by atomic mass is 10.0. The van der Waals surface area contributed by atoms with Crippen molar-refractivity contribution >= 4 is 11.9 Å². The number of hydrogen-bond acceptors (Lipinski definition) is 4. The molecule has 1 heterocycles. The van der Waals surface area contributed by atoms with Gasteiger partial charge in [-0.1, -0.05) is 32.0 Å². The molecular formula is C16H21NO5. The van der Waals surface area contributed by atoms with Crippen molar-refractivity contribution in [1.82, 2.24) is 5.32 Å². The highest BCUT2D eigenvalue weighted by Crippen LogP contribution is 2.22. The second-order valence-corrected chi connectivity index (χ2v) is 5.77. The minimum Gasteiger partial charge on any atom is -0.491 e. The van der Waals surface area contributed by atoms with Gasteiger partial charge in [0.25, 0.3) is 5.91 Å². The number of ether oxygens (including phenoxy) is 2. The van der Waals surface area contributed by atoms with Gasteiger partial charge >= 0.3 is 5.97 Å². The molecule has 0 radical (unpaired) electrons. The van der Waals surface area contributed by atoms with E-state index in [-0.39, 0.29) is 6.04 Å². The molecule has 0 saturated carbocycles. The summed E-state index contributed by atoms with van der Waals surface area (Å²) in [6.45, 7) is 4.43. The molecule has 0 bridgehead atoms. The van der Waals surface area contributed by atoms with Gasteiger partial charge < -0.3 is 19.9 Å². The third-order valence-corrected chi connectivity index (χ3v) is 3.29. The first kappa shape index (κ1) is 16.3. The molecule has 0 unspecified atom stereocenters. The highest BCUT2D eigenvalue weighted by atomic mass is 16.6. The lowest BCUT2D eigenvalue weighted by Gasteiger charge is -2.20. The van der Waals surface area contributed by atoms with E-state index in [9.17, 15) is 9.59 Å². The lowest BCUT2D eigenvalue weighted by Crippen LogP contribution is -2.42. The summed E-state index contributed by atoms with van der Waals surface area (Å²) >= 11 is 0. The van der Waals surface area contributed by atoms with Crippen molar-refractivity contribution in [2.45, 2.75) is 38.5 Å². The Balaban J connectivity index is 1.86. The maximum atomic E-state index is 12.0. The fourth-order valence-electron chi connectivity index (χ4n) is 2.23. The summed E-state index contributed by atoms with van der Waals surface area (Å²) in [6, 6.07) is 9.15. The molecule has 0 aromatic heterocycles. The Bertz CT molecular complexity index is 517. The summed E-state index contributed by atoms with van der Waals surface area (Å²) in [5.74, 6) is -0.396. The van der Waals surface area contributed by atoms with Gasteiger partial charge in [-0.25, -0.2) is 4.79 Å². The van der Waals surface area contributed by atoms with E-state index in [0.717, 1.165) is 12.2 Å². The highest BCUT2D eigenvalue weighted by Gasteiger charge is 2.51. The van der Waals surface area contributed by atoms with Gasteiger partial charge in [-0.2, -0.15) is 0 Å². The molecule has 1 aliphatic rings. The summed E-state index contributed by atoms with van der Waals surface area (Å²) in [5.41, 5.74) is 0. The Hall–Kier alpha value is -2.08. The molecule has 1 fully saturated rings. The number of epoxide rings is 1. The number of carboxylic acids is 1. The minimum atomic E-state index is -1.11. The van der Waals surface area contributed by atoms with Gasteiger partial charge in [0, 0.05) is 0 Å². The van der Waals surface area contributed by atoms with Crippen molar-refractivity contribution in [3.8, 4) is 5.75 Å². The summed E-state index contributed by atoms with van der Waals surface area (Å²) in [4.78, 5) is 22.7. The molecule has 1 aliphatic heterocycles. The quantitative estimate of drug-likeness (QED) is 0.710. The van der Waals surface area contributed by atoms with E-state index in [1.54, 1.807) is 0 Å². The molecule has 120 valence electrons. The molecule has 6 heteroatoms. The first-order chi connectivity index (χ1) is 10.5. The van der Waals surface area contributed by atoms with E-state index in [1.165, 1.54) is 0 Å². The van der Waals surface area contributed by atoms with Gasteiger partial charge in [-0.05, 0) is 24.5 Å². The van der Waals surface area contributed by atoms with E-state index in [2.05, 4.69) is 19.2 Å². The van der Waals surface area contributed by atoms with Crippen LogP contribution in [0, 0.1) is 5.92 Å². The molecule has 3 atom stereocenters. The molecule has 0 spiro atoms.